The van der Waals surface area contributed by atoms with Crippen molar-refractivity contribution in [2.75, 3.05) is 26.9 Å². The number of quaternary nitrogens is 1. The van der Waals surface area contributed by atoms with E-state index in [-0.39, 0.29) is 141 Å². The molecule has 3 aromatic carbocycles. The number of aliphatic hydroxyl groups is 2. The van der Waals surface area contributed by atoms with Crippen LogP contribution in [0.1, 0.15) is 72.1 Å². The van der Waals surface area contributed by atoms with Gasteiger partial charge in [-0.05, 0) is 43.7 Å². The molecule has 314 valence electrons. The SMILES string of the molecule is CC(C)[N+]1(C)[C@@H]2CC[C@H]1CC(OC(=O)C(CO)c1ccccc1)C2.O=C([O-])c1cc(=O)c2c(OCC(O)COc3cccc4oc(C(=O)[O-])cc(=O)c34)cccc2o1.[Br-].[Na+].[Na+]. The summed E-state index contributed by atoms with van der Waals surface area (Å²) in [6.45, 7) is 3.75. The van der Waals surface area contributed by atoms with Crippen LogP contribution in [-0.4, -0.2) is 89.8 Å². The average molecular weight is 925 g/mol. The molecule has 18 heteroatoms. The number of halogens is 1. The van der Waals surface area contributed by atoms with Gasteiger partial charge in [-0.25, -0.2) is 0 Å². The number of benzene rings is 3. The molecule has 61 heavy (non-hydrogen) atoms. The molecule has 0 spiro atoms. The molecule has 5 atom stereocenters. The Balaban J connectivity index is 0.000000327. The molecule has 0 saturated carbocycles. The second-order valence-corrected chi connectivity index (χ2v) is 14.9. The molecule has 2 aliphatic rings. The van der Waals surface area contributed by atoms with Crippen LogP contribution < -0.4 is 107 Å². The fourth-order valence-electron chi connectivity index (χ4n) is 8.04. The van der Waals surface area contributed by atoms with E-state index in [2.05, 4.69) is 20.9 Å². The summed E-state index contributed by atoms with van der Waals surface area (Å²) in [6.07, 6.45) is 3.14. The van der Waals surface area contributed by atoms with Gasteiger partial charge >= 0.3 is 65.1 Å². The van der Waals surface area contributed by atoms with Crippen LogP contribution in [0.15, 0.2) is 97.3 Å². The van der Waals surface area contributed by atoms with Crippen LogP contribution in [0.4, 0.5) is 0 Å². The maximum Gasteiger partial charge on any atom is 1.00 e. The van der Waals surface area contributed by atoms with Crippen LogP contribution in [0.25, 0.3) is 21.9 Å². The summed E-state index contributed by atoms with van der Waals surface area (Å²) >= 11 is 0. The fraction of sp³-hybridized carbons (Fsp3) is 0.372. The van der Waals surface area contributed by atoms with Gasteiger partial charge in [-0.3, -0.25) is 14.4 Å². The predicted molar refractivity (Wildman–Crippen MR) is 204 cm³/mol. The van der Waals surface area contributed by atoms with Crippen LogP contribution >= 0.6 is 0 Å². The quantitative estimate of drug-likeness (QED) is 0.0637. The second-order valence-electron chi connectivity index (χ2n) is 14.9. The van der Waals surface area contributed by atoms with E-state index in [1.807, 2.05) is 30.3 Å². The Labute approximate surface area is 405 Å². The van der Waals surface area contributed by atoms with Gasteiger partial charge in [-0.15, -0.1) is 0 Å². The van der Waals surface area contributed by atoms with Crippen molar-refractivity contribution in [1.82, 2.24) is 0 Å². The topological polar surface area (TPSA) is 226 Å². The number of nitrogens with zero attached hydrogens (tertiary/aromatic N) is 1. The number of hydrogen-bond acceptors (Lipinski definition) is 14. The molecule has 0 radical (unpaired) electrons. The third-order valence-electron chi connectivity index (χ3n) is 11.2. The molecule has 5 aromatic rings. The molecular formula is C43H44BrNNa2O14. The number of carboxylic acids is 2. The number of rotatable bonds is 13. The number of carbonyl (C=O) groups excluding carboxylic acids is 3. The van der Waals surface area contributed by atoms with Gasteiger partial charge < -0.3 is 74.5 Å². The number of hydrogen-bond donors (Lipinski definition) is 2. The molecule has 15 nitrogen and oxygen atoms in total. The minimum absolute atomic E-state index is 0. The molecule has 2 saturated heterocycles. The van der Waals surface area contributed by atoms with Gasteiger partial charge in [-0.1, -0.05) is 42.5 Å². The first-order chi connectivity index (χ1) is 27.7. The van der Waals surface area contributed by atoms with Crippen molar-refractivity contribution >= 4 is 39.8 Å². The van der Waals surface area contributed by atoms with Crippen LogP contribution in [0.5, 0.6) is 11.5 Å². The van der Waals surface area contributed by atoms with E-state index >= 15 is 0 Å². The van der Waals surface area contributed by atoms with Crippen molar-refractivity contribution < 1.29 is 138 Å². The third-order valence-corrected chi connectivity index (χ3v) is 11.2. The van der Waals surface area contributed by atoms with Gasteiger partial charge in [0.15, 0.2) is 22.4 Å². The number of aliphatic hydroxyl groups excluding tert-OH is 2. The summed E-state index contributed by atoms with van der Waals surface area (Å²) in [5.74, 6) is -5.30. The van der Waals surface area contributed by atoms with Crippen LogP contribution in [0.3, 0.4) is 0 Å². The molecular weight excluding hydrogens is 880 g/mol. The van der Waals surface area contributed by atoms with Crippen LogP contribution in [0, 0.1) is 0 Å². The minimum Gasteiger partial charge on any atom is -1.00 e. The number of aromatic carboxylic acids is 2. The number of piperidine rings is 1. The van der Waals surface area contributed by atoms with E-state index in [0.29, 0.717) is 18.1 Å². The smallest absolute Gasteiger partial charge is 1.00 e. The Hall–Kier alpha value is -3.55. The predicted octanol–water partition coefficient (Wildman–Crippen LogP) is -6.69. The second kappa shape index (κ2) is 22.7. The average Bonchev–Trinajstić information content (AvgIpc) is 3.35. The monoisotopic (exact) mass is 923 g/mol. The molecule has 0 amide bonds. The maximum atomic E-state index is 12.6. The maximum absolute atomic E-state index is 12.6. The molecule has 4 heterocycles. The molecule has 0 aliphatic carbocycles. The van der Waals surface area contributed by atoms with E-state index in [1.54, 1.807) is 0 Å². The summed E-state index contributed by atoms with van der Waals surface area (Å²) in [4.78, 5) is 59.1. The normalized spacial score (nSPS) is 19.4. The number of ether oxygens (including phenoxy) is 3. The van der Waals surface area contributed by atoms with Gasteiger partial charge in [0.05, 0.1) is 31.8 Å². The van der Waals surface area contributed by atoms with Crippen LogP contribution in [-0.2, 0) is 9.53 Å². The Kier molecular flexibility index (Phi) is 19.3. The van der Waals surface area contributed by atoms with Gasteiger partial charge in [0, 0.05) is 37.8 Å². The first kappa shape index (κ1) is 51.8. The largest absolute Gasteiger partial charge is 1.00 e. The zero-order valence-corrected chi connectivity index (χ0v) is 40.1. The van der Waals surface area contributed by atoms with Crippen LogP contribution in [0.2, 0.25) is 0 Å². The zero-order chi connectivity index (χ0) is 41.7. The van der Waals surface area contributed by atoms with E-state index < -0.39 is 46.3 Å². The first-order valence-electron chi connectivity index (χ1n) is 18.9. The van der Waals surface area contributed by atoms with Gasteiger partial charge in [0.1, 0.15) is 76.7 Å². The molecule has 2 fully saturated rings. The summed E-state index contributed by atoms with van der Waals surface area (Å²) in [7, 11) is 2.37. The molecule has 3 unspecified atom stereocenters. The van der Waals surface area contributed by atoms with Gasteiger partial charge in [0.2, 0.25) is 0 Å². The third kappa shape index (κ3) is 11.7. The van der Waals surface area contributed by atoms with E-state index in [9.17, 15) is 44.4 Å². The molecule has 2 bridgehead atoms. The number of carbonyl (C=O) groups is 3. The number of esters is 1. The Morgan fingerprint density at radius 2 is 1.23 bits per heavy atom. The summed E-state index contributed by atoms with van der Waals surface area (Å²) in [5.41, 5.74) is -0.575. The molecule has 2 aliphatic heterocycles. The number of fused-ring (bicyclic) bond motifs is 4. The summed E-state index contributed by atoms with van der Waals surface area (Å²) < 4.78 is 28.2. The van der Waals surface area contributed by atoms with E-state index in [4.69, 9.17) is 23.0 Å². The number of carboxylic acid groups (broad SMARTS) is 2. The Morgan fingerprint density at radius 3 is 1.64 bits per heavy atom. The van der Waals surface area contributed by atoms with Gasteiger partial charge in [-0.2, -0.15) is 0 Å². The molecule has 7 rings (SSSR count). The van der Waals surface area contributed by atoms with E-state index in [1.165, 1.54) is 49.2 Å². The zero-order valence-electron chi connectivity index (χ0n) is 34.5. The van der Waals surface area contributed by atoms with Crippen molar-refractivity contribution in [3.05, 3.63) is 116 Å². The van der Waals surface area contributed by atoms with Crippen molar-refractivity contribution in [3.63, 3.8) is 0 Å². The molecule has 2 N–H and O–H groups in total. The first-order valence-corrected chi connectivity index (χ1v) is 18.9. The van der Waals surface area contributed by atoms with E-state index in [0.717, 1.165) is 35.0 Å². The van der Waals surface area contributed by atoms with Crippen molar-refractivity contribution in [2.24, 2.45) is 0 Å². The molecule has 2 aromatic heterocycles. The van der Waals surface area contributed by atoms with Gasteiger partial charge in [0.25, 0.3) is 0 Å². The summed E-state index contributed by atoms with van der Waals surface area (Å²) in [6, 6.07) is 21.3. The van der Waals surface area contributed by atoms with Crippen molar-refractivity contribution in [3.8, 4) is 11.5 Å². The fourth-order valence-corrected chi connectivity index (χ4v) is 8.04. The van der Waals surface area contributed by atoms with Crippen molar-refractivity contribution in [2.45, 2.75) is 75.8 Å². The Bertz CT molecular complexity index is 2300. The standard InChI is InChI=1S/C23H16O11.C20H30NO3.BrH.2Na/c24-11(9-31-14-3-1-5-16-20(14)12(25)7-18(33-16)22(27)28)10-32-15-4-2-6-17-21(15)13(26)8-19(34-17)23(29)30;1-14(2)21(3)16-9-10-17(21)12-18(11-16)24-20(23)19(13-22)15-7-5-4-6-8-15;;;/h1-8,11,24H,9-10H2,(H,27,28)(H,29,30);4-8,14,16-19,22H,9-13H2,1-3H3;1H;;/q;+1;;2*+1/p-3/t;16-,17+,18?,19?,21?;;;. The Morgan fingerprint density at radius 1 is 0.770 bits per heavy atom. The minimum atomic E-state index is -1.64. The van der Waals surface area contributed by atoms with Crippen molar-refractivity contribution in [1.29, 1.82) is 0 Å². The summed E-state index contributed by atoms with van der Waals surface area (Å²) in [5, 5.41) is 41.8.